The molecule has 7 heteroatoms. The number of rotatable bonds is 4. The summed E-state index contributed by atoms with van der Waals surface area (Å²) < 4.78 is 20.2. The van der Waals surface area contributed by atoms with Crippen LogP contribution in [-0.2, 0) is 10.2 Å². The molecule has 1 saturated heterocycles. The van der Waals surface area contributed by atoms with Gasteiger partial charge in [-0.15, -0.1) is 0 Å². The van der Waals surface area contributed by atoms with Crippen LogP contribution < -0.4 is 5.73 Å². The van der Waals surface area contributed by atoms with Crippen LogP contribution in [0.3, 0.4) is 0 Å². The average molecular weight is 420 g/mol. The summed E-state index contributed by atoms with van der Waals surface area (Å²) in [6.07, 6.45) is 2.22. The van der Waals surface area contributed by atoms with Gasteiger partial charge >= 0.3 is 0 Å². The van der Waals surface area contributed by atoms with E-state index in [4.69, 9.17) is 10.3 Å². The van der Waals surface area contributed by atoms with E-state index >= 15 is 0 Å². The van der Waals surface area contributed by atoms with Gasteiger partial charge in [-0.25, -0.2) is 4.39 Å². The first-order valence-corrected chi connectivity index (χ1v) is 10.3. The number of nitrogens with two attached hydrogens (primary N) is 1. The van der Waals surface area contributed by atoms with Crippen LogP contribution in [0.25, 0.3) is 11.1 Å². The number of hydrogen-bond acceptors (Lipinski definition) is 4. The van der Waals surface area contributed by atoms with Crippen molar-refractivity contribution in [1.82, 2.24) is 10.1 Å². The Balaban J connectivity index is 1.58. The minimum Gasteiger partial charge on any atom is -0.369 e. The number of likely N-dealkylation sites (tertiary alicyclic amines) is 1. The van der Waals surface area contributed by atoms with E-state index in [0.717, 1.165) is 24.0 Å². The first-order chi connectivity index (χ1) is 14.9. The molecule has 1 aliphatic rings. The molecule has 1 amide bonds. The van der Waals surface area contributed by atoms with Crippen molar-refractivity contribution >= 4 is 17.8 Å². The van der Waals surface area contributed by atoms with Crippen LogP contribution in [-0.4, -0.2) is 28.5 Å². The number of hydrogen-bond donors (Lipinski definition) is 1. The summed E-state index contributed by atoms with van der Waals surface area (Å²) in [5, 5.41) is 4.13. The number of carbonyl (C=O) groups excluding carboxylic acids is 1. The highest BCUT2D eigenvalue weighted by Gasteiger charge is 2.29. The summed E-state index contributed by atoms with van der Waals surface area (Å²) in [4.78, 5) is 17.7. The Kier molecular flexibility index (Phi) is 5.59. The third-order valence-electron chi connectivity index (χ3n) is 5.74. The SMILES string of the molecule is CC(C)(c1ccc(-c2ccccc2)c(F)c1)c1cc(/N=C(/N)N2CCCCC2=O)on1. The van der Waals surface area contributed by atoms with Crippen molar-refractivity contribution in [2.45, 2.75) is 38.5 Å². The lowest BCUT2D eigenvalue weighted by atomic mass is 9.81. The molecule has 1 fully saturated rings. The normalized spacial score (nSPS) is 15.4. The number of piperidine rings is 1. The van der Waals surface area contributed by atoms with Gasteiger partial charge in [-0.2, -0.15) is 4.99 Å². The zero-order chi connectivity index (χ0) is 22.0. The molecule has 2 N–H and O–H groups in total. The van der Waals surface area contributed by atoms with E-state index in [1.165, 1.54) is 11.0 Å². The first-order valence-electron chi connectivity index (χ1n) is 10.3. The molecule has 3 aromatic rings. The van der Waals surface area contributed by atoms with E-state index in [9.17, 15) is 9.18 Å². The fraction of sp³-hybridized carbons (Fsp3) is 0.292. The van der Waals surface area contributed by atoms with Crippen LogP contribution in [0.15, 0.2) is 64.1 Å². The van der Waals surface area contributed by atoms with Gasteiger partial charge in [0.15, 0.2) is 0 Å². The van der Waals surface area contributed by atoms with Crippen LogP contribution in [0.4, 0.5) is 10.3 Å². The molecule has 0 saturated carbocycles. The number of carbonyl (C=O) groups is 1. The molecule has 2 heterocycles. The molecule has 0 spiro atoms. The predicted molar refractivity (Wildman–Crippen MR) is 117 cm³/mol. The van der Waals surface area contributed by atoms with Gasteiger partial charge < -0.3 is 10.3 Å². The van der Waals surface area contributed by atoms with Gasteiger partial charge in [0.2, 0.25) is 11.9 Å². The highest BCUT2D eigenvalue weighted by atomic mass is 19.1. The standard InChI is InChI=1S/C24H25FN4O2/c1-24(2,17-11-12-18(19(25)14-17)16-8-4-3-5-9-16)20-15-21(31-28-20)27-23(26)29-13-7-6-10-22(29)30/h3-5,8-9,11-12,14-15H,6-7,10,13H2,1-2H3,(H2,26,27). The Bertz CT molecular complexity index is 1120. The van der Waals surface area contributed by atoms with Crippen LogP contribution in [0.2, 0.25) is 0 Å². The topological polar surface area (TPSA) is 84.7 Å². The number of nitrogens with zero attached hydrogens (tertiary/aromatic N) is 3. The molecule has 1 aromatic heterocycles. The zero-order valence-corrected chi connectivity index (χ0v) is 17.6. The van der Waals surface area contributed by atoms with Crippen molar-refractivity contribution < 1.29 is 13.7 Å². The van der Waals surface area contributed by atoms with Crippen molar-refractivity contribution in [1.29, 1.82) is 0 Å². The number of aliphatic imine (C=N–C) groups is 1. The first kappa shape index (κ1) is 20.8. The van der Waals surface area contributed by atoms with Gasteiger partial charge in [0, 0.05) is 30.0 Å². The van der Waals surface area contributed by atoms with Crippen molar-refractivity contribution in [3.63, 3.8) is 0 Å². The molecular weight excluding hydrogens is 395 g/mol. The summed E-state index contributed by atoms with van der Waals surface area (Å²) in [6.45, 7) is 4.42. The zero-order valence-electron chi connectivity index (χ0n) is 17.6. The van der Waals surface area contributed by atoms with Gasteiger partial charge in [0.25, 0.3) is 5.88 Å². The van der Waals surface area contributed by atoms with Crippen molar-refractivity contribution in [3.8, 4) is 11.1 Å². The van der Waals surface area contributed by atoms with E-state index in [1.54, 1.807) is 12.1 Å². The summed E-state index contributed by atoms with van der Waals surface area (Å²) in [7, 11) is 0. The van der Waals surface area contributed by atoms with Crippen LogP contribution in [0.1, 0.15) is 44.4 Å². The molecule has 1 aliphatic heterocycles. The van der Waals surface area contributed by atoms with E-state index in [2.05, 4.69) is 10.1 Å². The number of halogens is 1. The molecule has 31 heavy (non-hydrogen) atoms. The Morgan fingerprint density at radius 3 is 2.65 bits per heavy atom. The van der Waals surface area contributed by atoms with E-state index < -0.39 is 5.41 Å². The number of aromatic nitrogens is 1. The van der Waals surface area contributed by atoms with Crippen LogP contribution >= 0.6 is 0 Å². The lowest BCUT2D eigenvalue weighted by Gasteiger charge is -2.25. The van der Waals surface area contributed by atoms with Gasteiger partial charge in [-0.3, -0.25) is 9.69 Å². The second kappa shape index (κ2) is 8.34. The second-order valence-corrected chi connectivity index (χ2v) is 8.21. The molecule has 0 unspecified atom stereocenters. The lowest BCUT2D eigenvalue weighted by molar-refractivity contribution is -0.129. The van der Waals surface area contributed by atoms with Crippen molar-refractivity contribution in [2.24, 2.45) is 10.7 Å². The lowest BCUT2D eigenvalue weighted by Crippen LogP contribution is -2.44. The van der Waals surface area contributed by atoms with Gasteiger partial charge in [0.1, 0.15) is 5.82 Å². The van der Waals surface area contributed by atoms with Gasteiger partial charge in [0.05, 0.1) is 5.69 Å². The largest absolute Gasteiger partial charge is 0.369 e. The monoisotopic (exact) mass is 420 g/mol. The van der Waals surface area contributed by atoms with Crippen molar-refractivity contribution in [2.75, 3.05) is 6.54 Å². The molecule has 0 radical (unpaired) electrons. The van der Waals surface area contributed by atoms with Crippen LogP contribution in [0.5, 0.6) is 0 Å². The Labute approximate surface area is 180 Å². The number of benzene rings is 2. The van der Waals surface area contributed by atoms with E-state index in [-0.39, 0.29) is 23.6 Å². The average Bonchev–Trinajstić information content (AvgIpc) is 3.24. The fourth-order valence-electron chi connectivity index (χ4n) is 3.74. The third kappa shape index (κ3) is 4.21. The molecule has 0 aliphatic carbocycles. The number of guanidine groups is 1. The molecule has 160 valence electrons. The maximum absolute atomic E-state index is 14.9. The van der Waals surface area contributed by atoms with E-state index in [0.29, 0.717) is 24.2 Å². The molecule has 6 nitrogen and oxygen atoms in total. The number of amides is 1. The van der Waals surface area contributed by atoms with Crippen LogP contribution in [0, 0.1) is 5.82 Å². The predicted octanol–water partition coefficient (Wildman–Crippen LogP) is 4.77. The maximum Gasteiger partial charge on any atom is 0.253 e. The summed E-state index contributed by atoms with van der Waals surface area (Å²) in [6, 6.07) is 16.3. The molecule has 2 aromatic carbocycles. The highest BCUT2D eigenvalue weighted by Crippen LogP contribution is 2.35. The van der Waals surface area contributed by atoms with E-state index in [1.807, 2.05) is 50.2 Å². The second-order valence-electron chi connectivity index (χ2n) is 8.21. The maximum atomic E-state index is 14.9. The van der Waals surface area contributed by atoms with Gasteiger partial charge in [-0.05, 0) is 30.0 Å². The Hall–Kier alpha value is -3.48. The molecular formula is C24H25FN4O2. The summed E-state index contributed by atoms with van der Waals surface area (Å²) in [5.74, 6) is -0.0308. The summed E-state index contributed by atoms with van der Waals surface area (Å²) in [5.41, 5.74) is 8.11. The molecule has 4 rings (SSSR count). The Morgan fingerprint density at radius 2 is 1.94 bits per heavy atom. The molecule has 0 bridgehead atoms. The Morgan fingerprint density at radius 1 is 1.16 bits per heavy atom. The molecule has 0 atom stereocenters. The minimum atomic E-state index is -0.622. The third-order valence-corrected chi connectivity index (χ3v) is 5.74. The fourth-order valence-corrected chi connectivity index (χ4v) is 3.74. The smallest absolute Gasteiger partial charge is 0.253 e. The van der Waals surface area contributed by atoms with Gasteiger partial charge in [-0.1, -0.05) is 61.5 Å². The quantitative estimate of drug-likeness (QED) is 0.487. The highest BCUT2D eigenvalue weighted by molar-refractivity contribution is 5.97. The summed E-state index contributed by atoms with van der Waals surface area (Å²) >= 11 is 0. The van der Waals surface area contributed by atoms with Crippen molar-refractivity contribution in [3.05, 3.63) is 71.7 Å². The minimum absolute atomic E-state index is 0.0402.